The van der Waals surface area contributed by atoms with Crippen LogP contribution in [-0.2, 0) is 0 Å². The van der Waals surface area contributed by atoms with Crippen molar-refractivity contribution in [1.82, 2.24) is 0 Å². The van der Waals surface area contributed by atoms with E-state index in [0.29, 0.717) is 0 Å². The zero-order chi connectivity index (χ0) is 12.6. The third-order valence-corrected chi connectivity index (χ3v) is 3.71. The Kier molecular flexibility index (Phi) is 3.06. The van der Waals surface area contributed by atoms with Crippen LogP contribution in [0.15, 0.2) is 30.3 Å². The lowest BCUT2D eigenvalue weighted by molar-refractivity contribution is 1.28. The lowest BCUT2D eigenvalue weighted by Gasteiger charge is -2.14. The van der Waals surface area contributed by atoms with Gasteiger partial charge in [-0.05, 0) is 68.0 Å². The predicted molar refractivity (Wildman–Crippen MR) is 75.6 cm³/mol. The smallest absolute Gasteiger partial charge is 0.0147 e. The second-order valence-electron chi connectivity index (χ2n) is 5.00. The largest absolute Gasteiger partial charge is 0.0614 e. The number of aryl methyl sites for hydroxylation is 3. The molecule has 0 heteroatoms. The Morgan fingerprint density at radius 3 is 2.00 bits per heavy atom. The van der Waals surface area contributed by atoms with Crippen molar-refractivity contribution in [3.63, 3.8) is 0 Å². The Morgan fingerprint density at radius 2 is 1.29 bits per heavy atom. The third-order valence-electron chi connectivity index (χ3n) is 3.71. The van der Waals surface area contributed by atoms with Gasteiger partial charge in [-0.2, -0.15) is 0 Å². The normalized spacial score (nSPS) is 10.6. The fraction of sp³-hybridized carbons (Fsp3) is 0.294. The number of hydrogen-bond acceptors (Lipinski definition) is 0. The van der Waals surface area contributed by atoms with E-state index in [0.717, 1.165) is 0 Å². The van der Waals surface area contributed by atoms with Crippen LogP contribution < -0.4 is 0 Å². The van der Waals surface area contributed by atoms with E-state index in [-0.39, 0.29) is 0 Å². The van der Waals surface area contributed by atoms with Crippen molar-refractivity contribution in [2.45, 2.75) is 34.6 Å². The van der Waals surface area contributed by atoms with Crippen molar-refractivity contribution < 1.29 is 0 Å². The van der Waals surface area contributed by atoms with Gasteiger partial charge >= 0.3 is 0 Å². The summed E-state index contributed by atoms with van der Waals surface area (Å²) in [5.74, 6) is 0. The summed E-state index contributed by atoms with van der Waals surface area (Å²) in [6, 6.07) is 11.1. The van der Waals surface area contributed by atoms with Gasteiger partial charge in [-0.15, -0.1) is 0 Å². The predicted octanol–water partition coefficient (Wildman–Crippen LogP) is 4.90. The zero-order valence-electron chi connectivity index (χ0n) is 11.4. The Bertz CT molecular complexity index is 562. The van der Waals surface area contributed by atoms with E-state index < -0.39 is 0 Å². The van der Waals surface area contributed by atoms with E-state index in [2.05, 4.69) is 65.0 Å². The van der Waals surface area contributed by atoms with Crippen molar-refractivity contribution in [2.75, 3.05) is 0 Å². The Hall–Kier alpha value is -1.56. The molecule has 0 heterocycles. The third kappa shape index (κ3) is 2.12. The van der Waals surface area contributed by atoms with Crippen molar-refractivity contribution >= 4 is 0 Å². The molecule has 0 spiro atoms. The van der Waals surface area contributed by atoms with Gasteiger partial charge in [-0.1, -0.05) is 35.9 Å². The first-order chi connectivity index (χ1) is 8.00. The molecule has 2 aromatic rings. The van der Waals surface area contributed by atoms with E-state index >= 15 is 0 Å². The van der Waals surface area contributed by atoms with Crippen LogP contribution in [0.2, 0.25) is 0 Å². The van der Waals surface area contributed by atoms with E-state index in [1.54, 1.807) is 0 Å². The van der Waals surface area contributed by atoms with Gasteiger partial charge in [-0.25, -0.2) is 0 Å². The molecule has 0 nitrogen and oxygen atoms in total. The summed E-state index contributed by atoms with van der Waals surface area (Å²) < 4.78 is 0. The minimum Gasteiger partial charge on any atom is -0.0614 e. The molecule has 0 aliphatic carbocycles. The average Bonchev–Trinajstić information content (AvgIpc) is 2.27. The van der Waals surface area contributed by atoms with Gasteiger partial charge in [0.05, 0.1) is 0 Å². The molecule has 0 aliphatic heterocycles. The van der Waals surface area contributed by atoms with Crippen LogP contribution in [-0.4, -0.2) is 0 Å². The maximum atomic E-state index is 2.30. The SMILES string of the molecule is Cc1cc(C)c(C)c(-c2cccc(C)c2C)c1. The molecule has 17 heavy (non-hydrogen) atoms. The first-order valence-electron chi connectivity index (χ1n) is 6.15. The number of benzene rings is 2. The van der Waals surface area contributed by atoms with Crippen molar-refractivity contribution in [3.05, 3.63) is 58.1 Å². The lowest BCUT2D eigenvalue weighted by Crippen LogP contribution is -1.93. The van der Waals surface area contributed by atoms with Gasteiger partial charge < -0.3 is 0 Å². The summed E-state index contributed by atoms with van der Waals surface area (Å²) in [4.78, 5) is 0. The molecule has 0 unspecified atom stereocenters. The number of hydrogen-bond donors (Lipinski definition) is 0. The highest BCUT2D eigenvalue weighted by molar-refractivity contribution is 5.73. The Balaban J connectivity index is 2.73. The highest BCUT2D eigenvalue weighted by atomic mass is 14.1. The fourth-order valence-electron chi connectivity index (χ4n) is 2.36. The van der Waals surface area contributed by atoms with Gasteiger partial charge in [0.2, 0.25) is 0 Å². The van der Waals surface area contributed by atoms with Crippen molar-refractivity contribution in [3.8, 4) is 11.1 Å². The van der Waals surface area contributed by atoms with Crippen LogP contribution in [0, 0.1) is 34.6 Å². The first-order valence-corrected chi connectivity index (χ1v) is 6.15. The van der Waals surface area contributed by atoms with Gasteiger partial charge in [0.15, 0.2) is 0 Å². The number of rotatable bonds is 1. The molecule has 2 aromatic carbocycles. The molecular formula is C17H20. The van der Waals surface area contributed by atoms with Crippen LogP contribution in [0.25, 0.3) is 11.1 Å². The highest BCUT2D eigenvalue weighted by Crippen LogP contribution is 2.30. The lowest BCUT2D eigenvalue weighted by atomic mass is 9.91. The Morgan fingerprint density at radius 1 is 0.647 bits per heavy atom. The first kappa shape index (κ1) is 11.9. The van der Waals surface area contributed by atoms with Crippen LogP contribution in [0.1, 0.15) is 27.8 Å². The van der Waals surface area contributed by atoms with Crippen molar-refractivity contribution in [2.24, 2.45) is 0 Å². The zero-order valence-corrected chi connectivity index (χ0v) is 11.4. The molecule has 0 atom stereocenters. The maximum Gasteiger partial charge on any atom is -0.0147 e. The quantitative estimate of drug-likeness (QED) is 0.646. The topological polar surface area (TPSA) is 0 Å². The van der Waals surface area contributed by atoms with E-state index in [4.69, 9.17) is 0 Å². The van der Waals surface area contributed by atoms with Gasteiger partial charge in [0, 0.05) is 0 Å². The minimum atomic E-state index is 1.34. The van der Waals surface area contributed by atoms with Crippen LogP contribution >= 0.6 is 0 Å². The highest BCUT2D eigenvalue weighted by Gasteiger charge is 2.08. The van der Waals surface area contributed by atoms with Gasteiger partial charge in [0.25, 0.3) is 0 Å². The molecule has 0 saturated heterocycles. The van der Waals surface area contributed by atoms with Crippen LogP contribution in [0.5, 0.6) is 0 Å². The minimum absolute atomic E-state index is 1.34. The second-order valence-corrected chi connectivity index (χ2v) is 5.00. The standard InChI is InChI=1S/C17H20/c1-11-9-13(3)15(5)17(10-11)16-8-6-7-12(2)14(16)4/h6-10H,1-5H3. The molecule has 0 amide bonds. The molecule has 2 rings (SSSR count). The summed E-state index contributed by atoms with van der Waals surface area (Å²) in [5.41, 5.74) is 9.61. The van der Waals surface area contributed by atoms with Crippen molar-refractivity contribution in [1.29, 1.82) is 0 Å². The fourth-order valence-corrected chi connectivity index (χ4v) is 2.36. The molecule has 0 aromatic heterocycles. The van der Waals surface area contributed by atoms with Gasteiger partial charge in [0.1, 0.15) is 0 Å². The molecule has 0 fully saturated rings. The summed E-state index contributed by atoms with van der Waals surface area (Å²) in [7, 11) is 0. The molecule has 0 radical (unpaired) electrons. The van der Waals surface area contributed by atoms with Crippen LogP contribution in [0.3, 0.4) is 0 Å². The molecule has 0 aliphatic rings. The summed E-state index contributed by atoms with van der Waals surface area (Å²) in [5, 5.41) is 0. The average molecular weight is 224 g/mol. The monoisotopic (exact) mass is 224 g/mol. The summed E-state index contributed by atoms with van der Waals surface area (Å²) in [6.07, 6.45) is 0. The van der Waals surface area contributed by atoms with Crippen LogP contribution in [0.4, 0.5) is 0 Å². The van der Waals surface area contributed by atoms with E-state index in [1.807, 2.05) is 0 Å². The van der Waals surface area contributed by atoms with Gasteiger partial charge in [-0.3, -0.25) is 0 Å². The molecule has 0 bridgehead atoms. The Labute approximate surface area is 104 Å². The van der Waals surface area contributed by atoms with E-state index in [9.17, 15) is 0 Å². The molecule has 0 N–H and O–H groups in total. The van der Waals surface area contributed by atoms with E-state index in [1.165, 1.54) is 38.9 Å². The molecule has 0 saturated carbocycles. The molecular weight excluding hydrogens is 204 g/mol. The second kappa shape index (κ2) is 4.37. The maximum absolute atomic E-state index is 2.30. The molecule has 88 valence electrons. The summed E-state index contributed by atoms with van der Waals surface area (Å²) >= 11 is 0. The summed E-state index contributed by atoms with van der Waals surface area (Å²) in [6.45, 7) is 11.0.